The molecule has 8 rings (SSSR count). The zero-order chi connectivity index (χ0) is 46.9. The van der Waals surface area contributed by atoms with Crippen LogP contribution in [-0.2, 0) is 31.0 Å². The number of morpholine rings is 1. The molecule has 370 valence electrons. The van der Waals surface area contributed by atoms with E-state index in [-0.39, 0.29) is 41.8 Å². The first-order valence-corrected chi connectivity index (χ1v) is 26.5. The predicted molar refractivity (Wildman–Crippen MR) is 269 cm³/mol. The smallest absolute Gasteiger partial charge is 0.380 e. The van der Waals surface area contributed by atoms with Gasteiger partial charge in [0.2, 0.25) is 0 Å². The molecule has 0 spiro atoms. The molecular formula is C48H57Cl3F3N5O6S3. The zero-order valence-electron chi connectivity index (χ0n) is 37.8. The van der Waals surface area contributed by atoms with Crippen LogP contribution in [0.4, 0.5) is 24.5 Å². The molecule has 2 N–H and O–H groups in total. The number of fused-ring (bicyclic) bond motifs is 3. The number of benzene rings is 4. The van der Waals surface area contributed by atoms with Crippen LogP contribution in [0.15, 0.2) is 111 Å². The van der Waals surface area contributed by atoms with Crippen molar-refractivity contribution in [2.24, 2.45) is 5.41 Å². The lowest BCUT2D eigenvalue weighted by molar-refractivity contribution is -0.0435. The number of ether oxygens (including phenoxy) is 1. The summed E-state index contributed by atoms with van der Waals surface area (Å²) in [7, 11) is -10.9. The van der Waals surface area contributed by atoms with Crippen molar-refractivity contribution >= 4 is 90.9 Å². The van der Waals surface area contributed by atoms with E-state index in [2.05, 4.69) is 46.0 Å². The lowest BCUT2D eigenvalue weighted by Gasteiger charge is -2.41. The van der Waals surface area contributed by atoms with Crippen molar-refractivity contribution < 1.29 is 39.5 Å². The number of anilines is 2. The fraction of sp³-hybridized carbons (Fsp3) is 0.438. The topological polar surface area (TPSA) is 128 Å². The molecule has 68 heavy (non-hydrogen) atoms. The van der Waals surface area contributed by atoms with Gasteiger partial charge in [-0.1, -0.05) is 61.4 Å². The third-order valence-electron chi connectivity index (χ3n) is 13.0. The second kappa shape index (κ2) is 22.3. The van der Waals surface area contributed by atoms with Gasteiger partial charge in [-0.15, -0.1) is 36.6 Å². The summed E-state index contributed by atoms with van der Waals surface area (Å²) in [6, 6.07) is 24.6. The molecule has 11 nitrogen and oxygen atoms in total. The highest BCUT2D eigenvalue weighted by Gasteiger charge is 2.48. The van der Waals surface area contributed by atoms with Crippen LogP contribution in [0.2, 0.25) is 5.02 Å². The number of carbonyl (C=O) groups excluding carboxylic acids is 1. The molecule has 0 bridgehead atoms. The molecule has 4 aromatic rings. The number of carbonyl (C=O) groups is 1. The van der Waals surface area contributed by atoms with Crippen molar-refractivity contribution in [1.82, 2.24) is 14.5 Å². The van der Waals surface area contributed by atoms with Crippen LogP contribution in [0.3, 0.4) is 0 Å². The highest BCUT2D eigenvalue weighted by molar-refractivity contribution is 7.99. The number of amides is 1. The number of nitrogens with zero attached hydrogens (tertiary/aromatic N) is 3. The Morgan fingerprint density at radius 1 is 0.912 bits per heavy atom. The number of halogens is 6. The maximum atomic E-state index is 14.3. The summed E-state index contributed by atoms with van der Waals surface area (Å²) in [4.78, 5) is 19.5. The molecule has 4 aromatic carbocycles. The van der Waals surface area contributed by atoms with Crippen LogP contribution >= 0.6 is 48.2 Å². The molecule has 20 heteroatoms. The van der Waals surface area contributed by atoms with Crippen LogP contribution in [0.1, 0.15) is 61.0 Å². The first kappa shape index (κ1) is 53.8. The number of sulfonamides is 1. The molecule has 2 atom stereocenters. The molecule has 3 heterocycles. The van der Waals surface area contributed by atoms with Gasteiger partial charge < -0.3 is 15.0 Å². The van der Waals surface area contributed by atoms with Gasteiger partial charge in [0.05, 0.1) is 23.8 Å². The van der Waals surface area contributed by atoms with E-state index in [1.54, 1.807) is 12.1 Å². The Labute approximate surface area is 419 Å². The Morgan fingerprint density at radius 3 is 2.34 bits per heavy atom. The van der Waals surface area contributed by atoms with Gasteiger partial charge in [0.1, 0.15) is 4.90 Å². The average molecular weight is 1060 g/mol. The maximum absolute atomic E-state index is 14.3. The second-order valence-electron chi connectivity index (χ2n) is 18.3. The fourth-order valence-electron chi connectivity index (χ4n) is 9.48. The summed E-state index contributed by atoms with van der Waals surface area (Å²) in [6.45, 7) is 10.9. The van der Waals surface area contributed by atoms with Crippen molar-refractivity contribution in [3.8, 4) is 0 Å². The number of alkyl halides is 3. The van der Waals surface area contributed by atoms with E-state index in [4.69, 9.17) is 16.3 Å². The minimum absolute atomic E-state index is 0. The SMILES string of the molecule is CC1(C)CCC(c2ccc(Cl)cc2)=C(CN2CCN3c4ccc(C(=O)NS(=O)(=O)c5ccc(N[C@H](CCN6CCOCC6)CSc6ccccc6)c(S(=O)(=O)C(F)(F)F)c5)cc4C[C@H]3C2)C1.Cl.Cl. The first-order valence-electron chi connectivity index (χ1n) is 22.2. The molecule has 0 aromatic heterocycles. The number of rotatable bonds is 15. The van der Waals surface area contributed by atoms with Crippen molar-refractivity contribution in [2.75, 3.05) is 75.0 Å². The summed E-state index contributed by atoms with van der Waals surface area (Å²) < 4.78 is 104. The Bertz CT molecular complexity index is 2670. The standard InChI is InChI=1S/C48H55ClF3N5O6S3.2ClH/c1-47(2)18-16-42(33-8-11-37(49)12-9-33)36(29-47)30-56-20-21-57-39(31-56)27-35-26-34(10-15-44(35)57)46(58)54-66(61,62)41-13-14-43(45(28-41)65(59,60)48(50,51)52)53-38(17-19-55-22-24-63-25-23-55)32-64-40-6-4-3-5-7-40;;/h3-15,26,28,38-39,53H,16-25,27,29-32H2,1-2H3,(H,54,58);2*1H/t38-,39+;;/m1../s1. The van der Waals surface area contributed by atoms with E-state index in [9.17, 15) is 34.8 Å². The Kier molecular flexibility index (Phi) is 17.6. The van der Waals surface area contributed by atoms with E-state index in [1.807, 2.05) is 47.2 Å². The number of nitrogens with one attached hydrogen (secondary N) is 2. The Morgan fingerprint density at radius 2 is 1.63 bits per heavy atom. The number of allylic oxidation sites excluding steroid dienone is 1. The van der Waals surface area contributed by atoms with Crippen LogP contribution in [-0.4, -0.2) is 115 Å². The third-order valence-corrected chi connectivity index (χ3v) is 17.3. The lowest BCUT2D eigenvalue weighted by Crippen LogP contribution is -2.52. The van der Waals surface area contributed by atoms with Gasteiger partial charge in [0.25, 0.3) is 25.8 Å². The van der Waals surface area contributed by atoms with Crippen LogP contribution in [0.25, 0.3) is 5.57 Å². The van der Waals surface area contributed by atoms with Crippen molar-refractivity contribution in [3.05, 3.63) is 118 Å². The van der Waals surface area contributed by atoms with Gasteiger partial charge in [-0.2, -0.15) is 13.2 Å². The van der Waals surface area contributed by atoms with Crippen LogP contribution in [0.5, 0.6) is 0 Å². The van der Waals surface area contributed by atoms with Crippen molar-refractivity contribution in [3.63, 3.8) is 0 Å². The number of hydrogen-bond donors (Lipinski definition) is 2. The Hall–Kier alpha value is -3.52. The van der Waals surface area contributed by atoms with Gasteiger partial charge in [-0.25, -0.2) is 21.6 Å². The molecule has 0 radical (unpaired) electrons. The predicted octanol–water partition coefficient (Wildman–Crippen LogP) is 9.60. The minimum Gasteiger partial charge on any atom is -0.380 e. The molecule has 2 saturated heterocycles. The molecular weight excluding hydrogens is 1000 g/mol. The summed E-state index contributed by atoms with van der Waals surface area (Å²) in [5, 5.41) is 3.72. The number of thioether (sulfide) groups is 1. The van der Waals surface area contributed by atoms with Gasteiger partial charge in [-0.05, 0) is 115 Å². The van der Waals surface area contributed by atoms with Crippen molar-refractivity contribution in [2.45, 2.75) is 78.2 Å². The summed E-state index contributed by atoms with van der Waals surface area (Å²) in [5.74, 6) is -0.620. The number of piperazine rings is 1. The van der Waals surface area contributed by atoms with Gasteiger partial charge in [0.15, 0.2) is 0 Å². The molecule has 4 aliphatic rings. The normalized spacial score (nSPS) is 19.3. The van der Waals surface area contributed by atoms with E-state index in [0.29, 0.717) is 62.5 Å². The molecule has 1 aliphatic carbocycles. The van der Waals surface area contributed by atoms with Crippen molar-refractivity contribution in [1.29, 1.82) is 0 Å². The summed E-state index contributed by atoms with van der Waals surface area (Å²) >= 11 is 7.67. The second-order valence-corrected chi connectivity index (χ2v) is 23.4. The average Bonchev–Trinajstić information content (AvgIpc) is 3.65. The quantitative estimate of drug-likeness (QED) is 0.111. The third kappa shape index (κ3) is 12.7. The van der Waals surface area contributed by atoms with E-state index in [0.717, 1.165) is 73.7 Å². The lowest BCUT2D eigenvalue weighted by atomic mass is 9.72. The van der Waals surface area contributed by atoms with Gasteiger partial charge in [-0.3, -0.25) is 14.6 Å². The molecule has 0 saturated carbocycles. The number of sulfone groups is 1. The van der Waals surface area contributed by atoms with E-state index < -0.39 is 52.8 Å². The molecule has 0 unspecified atom stereocenters. The first-order chi connectivity index (χ1) is 31.3. The summed E-state index contributed by atoms with van der Waals surface area (Å²) in [6.07, 6.45) is 4.19. The zero-order valence-corrected chi connectivity index (χ0v) is 42.6. The van der Waals surface area contributed by atoms with Gasteiger partial charge >= 0.3 is 5.51 Å². The Balaban J connectivity index is 0.00000381. The highest BCUT2D eigenvalue weighted by Crippen LogP contribution is 2.44. The highest BCUT2D eigenvalue weighted by atomic mass is 35.5. The monoisotopic (exact) mass is 1060 g/mol. The number of hydrogen-bond acceptors (Lipinski definition) is 11. The van der Waals surface area contributed by atoms with Crippen LogP contribution in [0, 0.1) is 5.41 Å². The van der Waals surface area contributed by atoms with Crippen LogP contribution < -0.4 is 14.9 Å². The molecule has 1 amide bonds. The molecule has 3 aliphatic heterocycles. The summed E-state index contributed by atoms with van der Waals surface area (Å²) in [5.41, 5.74) is -0.00617. The fourth-order valence-corrected chi connectivity index (χ4v) is 12.6. The van der Waals surface area contributed by atoms with Gasteiger partial charge in [0, 0.05) is 84.8 Å². The molecule has 2 fully saturated rings. The van der Waals surface area contributed by atoms with E-state index >= 15 is 0 Å². The van der Waals surface area contributed by atoms with E-state index in [1.165, 1.54) is 34.5 Å². The minimum atomic E-state index is -6.06. The largest absolute Gasteiger partial charge is 0.501 e. The maximum Gasteiger partial charge on any atom is 0.501 e.